The summed E-state index contributed by atoms with van der Waals surface area (Å²) < 4.78 is 1.51. The minimum atomic E-state index is -0.165. The number of aryl methyl sites for hydroxylation is 1. The zero-order chi connectivity index (χ0) is 17.6. The highest BCUT2D eigenvalue weighted by Gasteiger charge is 2.51. The summed E-state index contributed by atoms with van der Waals surface area (Å²) >= 11 is 2.10. The molecule has 2 aliphatic rings. The Bertz CT molecular complexity index is 675. The number of Topliss-reactive ketones (excluding diaryl/α,β-unsaturated/α-hetero) is 1. The Morgan fingerprint density at radius 1 is 1.42 bits per heavy atom. The number of hydrogen-bond donors (Lipinski definition) is 1. The standard InChI is InChI=1S/C19H30N2O2S/c1-6-21-18(23)14(10-20-21)16(22)13-9-11(2)17-15(12(13)3)19(4,5)7-8-24-17/h10-13,15,17,20H,6-9H2,1-5H3. The molecule has 5 heteroatoms. The minimum absolute atomic E-state index is 0.0342. The van der Waals surface area contributed by atoms with Gasteiger partial charge in [0.2, 0.25) is 0 Å². The predicted octanol–water partition coefficient (Wildman–Crippen LogP) is 3.82. The van der Waals surface area contributed by atoms with E-state index in [-0.39, 0.29) is 22.7 Å². The molecule has 5 atom stereocenters. The molecule has 0 bridgehead atoms. The number of H-pyrrole nitrogens is 1. The Labute approximate surface area is 148 Å². The van der Waals surface area contributed by atoms with Gasteiger partial charge >= 0.3 is 0 Å². The van der Waals surface area contributed by atoms with Gasteiger partial charge in [0.05, 0.1) is 0 Å². The number of ketones is 1. The molecule has 5 unspecified atom stereocenters. The lowest BCUT2D eigenvalue weighted by Crippen LogP contribution is -2.51. The van der Waals surface area contributed by atoms with Gasteiger partial charge < -0.3 is 5.10 Å². The van der Waals surface area contributed by atoms with Crippen molar-refractivity contribution in [1.29, 1.82) is 0 Å². The lowest BCUT2D eigenvalue weighted by Gasteiger charge is -2.54. The molecule has 1 aliphatic carbocycles. The average molecular weight is 351 g/mol. The monoisotopic (exact) mass is 350 g/mol. The molecule has 1 saturated carbocycles. The second kappa shape index (κ2) is 6.40. The van der Waals surface area contributed by atoms with Gasteiger partial charge in [-0.25, -0.2) is 0 Å². The quantitative estimate of drug-likeness (QED) is 0.843. The third-order valence-corrected chi connectivity index (χ3v) is 8.04. The smallest absolute Gasteiger partial charge is 0.277 e. The molecule has 0 amide bonds. The number of nitrogens with zero attached hydrogens (tertiary/aromatic N) is 1. The van der Waals surface area contributed by atoms with Gasteiger partial charge in [-0.2, -0.15) is 11.8 Å². The Balaban J connectivity index is 1.92. The molecule has 0 spiro atoms. The van der Waals surface area contributed by atoms with E-state index in [4.69, 9.17) is 0 Å². The maximum absolute atomic E-state index is 13.2. The van der Waals surface area contributed by atoms with Crippen LogP contribution in [0.25, 0.3) is 0 Å². The van der Waals surface area contributed by atoms with Crippen molar-refractivity contribution in [2.24, 2.45) is 29.1 Å². The van der Waals surface area contributed by atoms with Gasteiger partial charge in [-0.3, -0.25) is 14.3 Å². The molecule has 1 saturated heterocycles. The summed E-state index contributed by atoms with van der Waals surface area (Å²) in [5, 5.41) is 3.57. The fourth-order valence-electron chi connectivity index (χ4n) is 5.07. The van der Waals surface area contributed by atoms with Crippen LogP contribution in [0.15, 0.2) is 11.0 Å². The molecule has 1 aromatic rings. The summed E-state index contributed by atoms with van der Waals surface area (Å²) in [6.07, 6.45) is 3.73. The van der Waals surface area contributed by atoms with Crippen molar-refractivity contribution in [3.05, 3.63) is 22.1 Å². The molecule has 0 radical (unpaired) electrons. The summed E-state index contributed by atoms with van der Waals surface area (Å²) in [5.74, 6) is 2.63. The third-order valence-electron chi connectivity index (χ3n) is 6.46. The van der Waals surface area contributed by atoms with Gasteiger partial charge in [-0.15, -0.1) is 0 Å². The number of aromatic nitrogens is 2. The van der Waals surface area contributed by atoms with Crippen LogP contribution in [0.2, 0.25) is 0 Å². The number of nitrogens with one attached hydrogen (secondary N) is 1. The fourth-order valence-corrected chi connectivity index (χ4v) is 7.25. The first-order chi connectivity index (χ1) is 11.3. The van der Waals surface area contributed by atoms with Crippen molar-refractivity contribution in [2.45, 2.75) is 59.3 Å². The van der Waals surface area contributed by atoms with Crippen molar-refractivity contribution in [3.63, 3.8) is 0 Å². The zero-order valence-electron chi connectivity index (χ0n) is 15.5. The first kappa shape index (κ1) is 17.8. The van der Waals surface area contributed by atoms with E-state index in [0.29, 0.717) is 35.1 Å². The van der Waals surface area contributed by atoms with Crippen LogP contribution < -0.4 is 5.56 Å². The lowest BCUT2D eigenvalue weighted by molar-refractivity contribution is 0.0318. The number of carbonyl (C=O) groups is 1. The third kappa shape index (κ3) is 2.79. The zero-order valence-corrected chi connectivity index (χ0v) is 16.3. The molecule has 2 heterocycles. The number of hydrogen-bond acceptors (Lipinski definition) is 3. The van der Waals surface area contributed by atoms with Crippen LogP contribution in [0.1, 0.15) is 57.8 Å². The summed E-state index contributed by atoms with van der Waals surface area (Å²) in [6, 6.07) is 0. The molecule has 1 N–H and O–H groups in total. The van der Waals surface area contributed by atoms with Gasteiger partial charge in [-0.1, -0.05) is 27.7 Å². The van der Waals surface area contributed by atoms with E-state index in [9.17, 15) is 9.59 Å². The maximum Gasteiger partial charge on any atom is 0.277 e. The number of aromatic amines is 1. The normalized spacial score (nSPS) is 35.5. The molecule has 3 rings (SSSR count). The van der Waals surface area contributed by atoms with Gasteiger partial charge in [0.25, 0.3) is 5.56 Å². The molecule has 24 heavy (non-hydrogen) atoms. The first-order valence-corrected chi connectivity index (χ1v) is 10.3. The van der Waals surface area contributed by atoms with E-state index in [2.05, 4.69) is 44.6 Å². The first-order valence-electron chi connectivity index (χ1n) is 9.22. The molecule has 134 valence electrons. The minimum Gasteiger partial charge on any atom is -0.302 e. The molecule has 1 aromatic heterocycles. The fraction of sp³-hybridized carbons (Fsp3) is 0.789. The Morgan fingerprint density at radius 2 is 2.12 bits per heavy atom. The number of fused-ring (bicyclic) bond motifs is 1. The number of thioether (sulfide) groups is 1. The Hall–Kier alpha value is -0.970. The molecule has 4 nitrogen and oxygen atoms in total. The van der Waals surface area contributed by atoms with Gasteiger partial charge in [0, 0.05) is 23.9 Å². The van der Waals surface area contributed by atoms with Crippen LogP contribution in [0, 0.1) is 29.1 Å². The largest absolute Gasteiger partial charge is 0.302 e. The van der Waals surface area contributed by atoms with E-state index in [1.54, 1.807) is 6.20 Å². The number of carbonyl (C=O) groups excluding carboxylic acids is 1. The Kier molecular flexibility index (Phi) is 4.75. The highest BCUT2D eigenvalue weighted by molar-refractivity contribution is 8.00. The van der Waals surface area contributed by atoms with Crippen LogP contribution in [-0.2, 0) is 6.54 Å². The Morgan fingerprint density at radius 3 is 2.75 bits per heavy atom. The second-order valence-electron chi connectivity index (χ2n) is 8.38. The van der Waals surface area contributed by atoms with Crippen molar-refractivity contribution in [3.8, 4) is 0 Å². The summed E-state index contributed by atoms with van der Waals surface area (Å²) in [4.78, 5) is 25.5. The number of rotatable bonds is 3. The van der Waals surface area contributed by atoms with E-state index >= 15 is 0 Å². The van der Waals surface area contributed by atoms with E-state index < -0.39 is 0 Å². The van der Waals surface area contributed by atoms with Crippen molar-refractivity contribution in [2.75, 3.05) is 5.75 Å². The van der Waals surface area contributed by atoms with E-state index in [1.807, 2.05) is 6.92 Å². The van der Waals surface area contributed by atoms with Crippen molar-refractivity contribution >= 4 is 17.5 Å². The summed E-state index contributed by atoms with van der Waals surface area (Å²) in [7, 11) is 0. The van der Waals surface area contributed by atoms with Crippen LogP contribution in [0.5, 0.6) is 0 Å². The highest BCUT2D eigenvalue weighted by Crippen LogP contribution is 2.55. The van der Waals surface area contributed by atoms with Gasteiger partial charge in [0.15, 0.2) is 5.78 Å². The second-order valence-corrected chi connectivity index (χ2v) is 9.67. The van der Waals surface area contributed by atoms with E-state index in [1.165, 1.54) is 16.9 Å². The highest BCUT2D eigenvalue weighted by atomic mass is 32.2. The van der Waals surface area contributed by atoms with Crippen molar-refractivity contribution in [1.82, 2.24) is 9.78 Å². The predicted molar refractivity (Wildman–Crippen MR) is 99.6 cm³/mol. The van der Waals surface area contributed by atoms with Gasteiger partial charge in [-0.05, 0) is 48.7 Å². The van der Waals surface area contributed by atoms with Crippen LogP contribution in [-0.4, -0.2) is 26.6 Å². The maximum atomic E-state index is 13.2. The molecule has 1 aliphatic heterocycles. The van der Waals surface area contributed by atoms with Crippen LogP contribution in [0.4, 0.5) is 0 Å². The molecule has 2 fully saturated rings. The van der Waals surface area contributed by atoms with Crippen LogP contribution >= 0.6 is 11.8 Å². The summed E-state index contributed by atoms with van der Waals surface area (Å²) in [6.45, 7) is 11.7. The molecular weight excluding hydrogens is 320 g/mol. The summed E-state index contributed by atoms with van der Waals surface area (Å²) in [5.41, 5.74) is 0.451. The van der Waals surface area contributed by atoms with Crippen LogP contribution in [0.3, 0.4) is 0 Å². The van der Waals surface area contributed by atoms with E-state index in [0.717, 1.165) is 6.42 Å². The average Bonchev–Trinajstić information content (AvgIpc) is 2.90. The molecule has 0 aromatic carbocycles. The topological polar surface area (TPSA) is 54.9 Å². The van der Waals surface area contributed by atoms with Gasteiger partial charge in [0.1, 0.15) is 5.56 Å². The SMILES string of the molecule is CCn1[nH]cc(C(=O)C2CC(C)C3SCCC(C)(C)C3C2C)c1=O. The van der Waals surface area contributed by atoms with Crippen molar-refractivity contribution < 1.29 is 4.79 Å². The molecular formula is C19H30N2O2S. The lowest BCUT2D eigenvalue weighted by atomic mass is 9.57.